The average molecular weight is 321 g/mol. The van der Waals surface area contributed by atoms with Crippen molar-refractivity contribution in [3.8, 4) is 28.8 Å². The highest BCUT2D eigenvalue weighted by molar-refractivity contribution is 5.58. The molecule has 0 amide bonds. The predicted molar refractivity (Wildman–Crippen MR) is 74.5 cm³/mol. The van der Waals surface area contributed by atoms with Gasteiger partial charge in [0.1, 0.15) is 0 Å². The van der Waals surface area contributed by atoms with Crippen molar-refractivity contribution in [1.82, 2.24) is 15.2 Å². The molecule has 2 aromatic heterocycles. The normalized spacial score (nSPS) is 11.5. The second kappa shape index (κ2) is 5.71. The van der Waals surface area contributed by atoms with Crippen LogP contribution in [0.1, 0.15) is 5.56 Å². The molecule has 0 fully saturated rings. The number of rotatable bonds is 3. The van der Waals surface area contributed by atoms with Crippen LogP contribution in [0.15, 0.2) is 47.0 Å². The summed E-state index contributed by atoms with van der Waals surface area (Å²) in [7, 11) is 1.49. The molecular formula is C15H10F3N3O2. The number of halogens is 3. The highest BCUT2D eigenvalue weighted by atomic mass is 19.4. The number of methoxy groups -OCH3 is 1. The van der Waals surface area contributed by atoms with E-state index in [1.54, 1.807) is 12.1 Å². The first-order valence-corrected chi connectivity index (χ1v) is 6.49. The summed E-state index contributed by atoms with van der Waals surface area (Å²) in [4.78, 5) is 4.00. The fourth-order valence-corrected chi connectivity index (χ4v) is 1.91. The topological polar surface area (TPSA) is 61.0 Å². The number of benzene rings is 1. The van der Waals surface area contributed by atoms with Gasteiger partial charge >= 0.3 is 6.18 Å². The third-order valence-electron chi connectivity index (χ3n) is 3.05. The molecule has 0 atom stereocenters. The van der Waals surface area contributed by atoms with Crippen molar-refractivity contribution in [1.29, 1.82) is 0 Å². The fraction of sp³-hybridized carbons (Fsp3) is 0.133. The van der Waals surface area contributed by atoms with Crippen LogP contribution in [0.25, 0.3) is 22.9 Å². The molecule has 0 aliphatic heterocycles. The second-order valence-electron chi connectivity index (χ2n) is 4.58. The van der Waals surface area contributed by atoms with Gasteiger partial charge in [-0.1, -0.05) is 6.07 Å². The lowest BCUT2D eigenvalue weighted by molar-refractivity contribution is -0.137. The molecule has 0 unspecified atom stereocenters. The van der Waals surface area contributed by atoms with Gasteiger partial charge in [-0.3, -0.25) is 0 Å². The van der Waals surface area contributed by atoms with E-state index in [0.29, 0.717) is 11.4 Å². The summed E-state index contributed by atoms with van der Waals surface area (Å²) in [6.45, 7) is 0. The minimum Gasteiger partial charge on any atom is -0.481 e. The van der Waals surface area contributed by atoms with Crippen LogP contribution in [0.3, 0.4) is 0 Å². The molecular weight excluding hydrogens is 311 g/mol. The zero-order valence-corrected chi connectivity index (χ0v) is 11.8. The molecule has 1 aromatic carbocycles. The van der Waals surface area contributed by atoms with E-state index in [1.165, 1.54) is 25.4 Å². The summed E-state index contributed by atoms with van der Waals surface area (Å²) in [6.07, 6.45) is -2.96. The average Bonchev–Trinajstić information content (AvgIpc) is 3.04. The number of aromatic nitrogens is 3. The molecule has 5 nitrogen and oxygen atoms in total. The van der Waals surface area contributed by atoms with Crippen molar-refractivity contribution in [2.45, 2.75) is 6.18 Å². The number of pyridine rings is 1. The van der Waals surface area contributed by atoms with Gasteiger partial charge in [0.15, 0.2) is 0 Å². The van der Waals surface area contributed by atoms with Crippen LogP contribution in [-0.4, -0.2) is 22.3 Å². The monoisotopic (exact) mass is 321 g/mol. The standard InChI is InChI=1S/C15H10F3N3O2/c1-22-12-6-5-10(8-19-12)14-21-20-13(23-14)9-3-2-4-11(7-9)15(16,17)18/h2-8H,1H3. The third kappa shape index (κ3) is 3.15. The minimum absolute atomic E-state index is 0.00178. The van der Waals surface area contributed by atoms with Gasteiger partial charge in [-0.05, 0) is 24.3 Å². The Morgan fingerprint density at radius 1 is 1.00 bits per heavy atom. The van der Waals surface area contributed by atoms with Gasteiger partial charge in [-0.15, -0.1) is 10.2 Å². The number of ether oxygens (including phenoxy) is 1. The maximum absolute atomic E-state index is 12.7. The molecule has 0 saturated heterocycles. The van der Waals surface area contributed by atoms with Crippen LogP contribution in [0.5, 0.6) is 5.88 Å². The van der Waals surface area contributed by atoms with Crippen LogP contribution in [-0.2, 0) is 6.18 Å². The van der Waals surface area contributed by atoms with E-state index in [-0.39, 0.29) is 17.3 Å². The van der Waals surface area contributed by atoms with Crippen molar-refractivity contribution in [2.24, 2.45) is 0 Å². The summed E-state index contributed by atoms with van der Waals surface area (Å²) in [6, 6.07) is 7.98. The molecule has 0 spiro atoms. The maximum Gasteiger partial charge on any atom is 0.416 e. The first kappa shape index (κ1) is 15.0. The summed E-state index contributed by atoms with van der Waals surface area (Å²) < 4.78 is 48.6. The van der Waals surface area contributed by atoms with Crippen LogP contribution >= 0.6 is 0 Å². The van der Waals surface area contributed by atoms with E-state index in [9.17, 15) is 13.2 Å². The molecule has 3 rings (SSSR count). The van der Waals surface area contributed by atoms with Crippen LogP contribution in [0.4, 0.5) is 13.2 Å². The first-order chi connectivity index (χ1) is 11.0. The maximum atomic E-state index is 12.7. The molecule has 8 heteroatoms. The van der Waals surface area contributed by atoms with Gasteiger partial charge < -0.3 is 9.15 Å². The number of hydrogen-bond acceptors (Lipinski definition) is 5. The highest BCUT2D eigenvalue weighted by Crippen LogP contribution is 2.32. The molecule has 2 heterocycles. The Labute approximate surface area is 128 Å². The zero-order chi connectivity index (χ0) is 16.4. The zero-order valence-electron chi connectivity index (χ0n) is 11.8. The Morgan fingerprint density at radius 2 is 1.74 bits per heavy atom. The molecule has 0 aliphatic carbocycles. The summed E-state index contributed by atoms with van der Waals surface area (Å²) in [5.41, 5.74) is -0.0440. The predicted octanol–water partition coefficient (Wildman–Crippen LogP) is 3.83. The van der Waals surface area contributed by atoms with Gasteiger partial charge in [0.2, 0.25) is 17.7 Å². The second-order valence-corrected chi connectivity index (χ2v) is 4.58. The van der Waals surface area contributed by atoms with E-state index in [1.807, 2.05) is 0 Å². The van der Waals surface area contributed by atoms with Gasteiger partial charge in [-0.2, -0.15) is 13.2 Å². The van der Waals surface area contributed by atoms with Crippen molar-refractivity contribution in [3.63, 3.8) is 0 Å². The smallest absolute Gasteiger partial charge is 0.416 e. The summed E-state index contributed by atoms with van der Waals surface area (Å²) in [5.74, 6) is 0.584. The van der Waals surface area contributed by atoms with Crippen molar-refractivity contribution in [2.75, 3.05) is 7.11 Å². The van der Waals surface area contributed by atoms with Crippen LogP contribution in [0, 0.1) is 0 Å². The van der Waals surface area contributed by atoms with E-state index in [4.69, 9.17) is 9.15 Å². The molecule has 0 bridgehead atoms. The Hall–Kier alpha value is -2.90. The van der Waals surface area contributed by atoms with Crippen LogP contribution < -0.4 is 4.74 Å². The SMILES string of the molecule is COc1ccc(-c2nnc(-c3cccc(C(F)(F)F)c3)o2)cn1. The largest absolute Gasteiger partial charge is 0.481 e. The quantitative estimate of drug-likeness (QED) is 0.734. The number of hydrogen-bond donors (Lipinski definition) is 0. The fourth-order valence-electron chi connectivity index (χ4n) is 1.91. The Bertz CT molecular complexity index is 813. The molecule has 0 aliphatic rings. The number of alkyl halides is 3. The van der Waals surface area contributed by atoms with Crippen molar-refractivity contribution >= 4 is 0 Å². The summed E-state index contributed by atoms with van der Waals surface area (Å²) in [5, 5.41) is 7.62. The Balaban J connectivity index is 1.92. The molecule has 3 aromatic rings. The lowest BCUT2D eigenvalue weighted by Gasteiger charge is -2.06. The Kier molecular flexibility index (Phi) is 3.73. The van der Waals surface area contributed by atoms with Gasteiger partial charge in [0.25, 0.3) is 0 Å². The molecule has 0 N–H and O–H groups in total. The highest BCUT2D eigenvalue weighted by Gasteiger charge is 2.30. The van der Waals surface area contributed by atoms with Gasteiger partial charge in [-0.25, -0.2) is 4.98 Å². The molecule has 0 saturated carbocycles. The van der Waals surface area contributed by atoms with Gasteiger partial charge in [0, 0.05) is 17.8 Å². The number of nitrogens with zero attached hydrogens (tertiary/aromatic N) is 3. The van der Waals surface area contributed by atoms with Crippen LogP contribution in [0.2, 0.25) is 0 Å². The lowest BCUT2D eigenvalue weighted by atomic mass is 10.1. The van der Waals surface area contributed by atoms with E-state index >= 15 is 0 Å². The summed E-state index contributed by atoms with van der Waals surface area (Å²) >= 11 is 0. The molecule has 118 valence electrons. The third-order valence-corrected chi connectivity index (χ3v) is 3.05. The van der Waals surface area contributed by atoms with E-state index in [0.717, 1.165) is 12.1 Å². The molecule has 23 heavy (non-hydrogen) atoms. The van der Waals surface area contributed by atoms with E-state index in [2.05, 4.69) is 15.2 Å². The lowest BCUT2D eigenvalue weighted by Crippen LogP contribution is -2.04. The Morgan fingerprint density at radius 3 is 2.35 bits per heavy atom. The van der Waals surface area contributed by atoms with Crippen molar-refractivity contribution < 1.29 is 22.3 Å². The van der Waals surface area contributed by atoms with Gasteiger partial charge in [0.05, 0.1) is 18.2 Å². The first-order valence-electron chi connectivity index (χ1n) is 6.49. The van der Waals surface area contributed by atoms with Crippen molar-refractivity contribution in [3.05, 3.63) is 48.2 Å². The molecule has 0 radical (unpaired) electrons. The van der Waals surface area contributed by atoms with E-state index < -0.39 is 11.7 Å². The minimum atomic E-state index is -4.43.